The van der Waals surface area contributed by atoms with Gasteiger partial charge in [-0.05, 0) is 36.8 Å². The Morgan fingerprint density at radius 3 is 2.48 bits per heavy atom. The number of amides is 1. The summed E-state index contributed by atoms with van der Waals surface area (Å²) in [5, 5.41) is 0. The van der Waals surface area contributed by atoms with Gasteiger partial charge in [-0.3, -0.25) is 9.78 Å². The highest BCUT2D eigenvalue weighted by atomic mass is 32.2. The highest BCUT2D eigenvalue weighted by Crippen LogP contribution is 2.31. The van der Waals surface area contributed by atoms with Gasteiger partial charge in [0, 0.05) is 45.0 Å². The first-order chi connectivity index (χ1) is 14.7. The Morgan fingerprint density at radius 1 is 1.10 bits per heavy atom. The number of benzene rings is 1. The number of carbonyl (C=O) groups excluding carboxylic acids is 1. The lowest BCUT2D eigenvalue weighted by Crippen LogP contribution is -2.50. The number of aromatic nitrogens is 1. The molecule has 0 aliphatic carbocycles. The lowest BCUT2D eigenvalue weighted by atomic mass is 10.2. The molecule has 7 nitrogen and oxygen atoms in total. The monoisotopic (exact) mass is 457 g/mol. The number of rotatable bonds is 7. The minimum Gasteiger partial charge on any atom is -0.494 e. The van der Waals surface area contributed by atoms with Gasteiger partial charge in [0.25, 0.3) is 0 Å². The molecule has 0 spiro atoms. The number of alkyl halides is 3. The van der Waals surface area contributed by atoms with Gasteiger partial charge < -0.3 is 9.64 Å². The normalized spacial score (nSPS) is 15.6. The SMILES string of the molecule is O=C(CCCOc1cccc(C(F)(F)F)c1)N1CCN(S(=O)(=O)c2cccnc2)CC1. The fourth-order valence-corrected chi connectivity index (χ4v) is 4.55. The fourth-order valence-electron chi connectivity index (χ4n) is 3.16. The number of sulfonamides is 1. The van der Waals surface area contributed by atoms with E-state index < -0.39 is 21.8 Å². The van der Waals surface area contributed by atoms with Gasteiger partial charge in [0.1, 0.15) is 10.6 Å². The topological polar surface area (TPSA) is 79.8 Å². The van der Waals surface area contributed by atoms with E-state index in [0.717, 1.165) is 12.1 Å². The summed E-state index contributed by atoms with van der Waals surface area (Å²) in [6, 6.07) is 7.61. The van der Waals surface area contributed by atoms with Gasteiger partial charge in [0.2, 0.25) is 15.9 Å². The van der Waals surface area contributed by atoms with Crippen molar-refractivity contribution in [1.29, 1.82) is 0 Å². The maximum Gasteiger partial charge on any atom is 0.416 e. The van der Waals surface area contributed by atoms with Gasteiger partial charge in [-0.1, -0.05) is 6.07 Å². The van der Waals surface area contributed by atoms with Crippen molar-refractivity contribution in [3.8, 4) is 5.75 Å². The molecule has 11 heteroatoms. The zero-order chi connectivity index (χ0) is 22.5. The Labute approximate surface area is 178 Å². The molecule has 0 bridgehead atoms. The van der Waals surface area contributed by atoms with Crippen LogP contribution in [0.15, 0.2) is 53.7 Å². The van der Waals surface area contributed by atoms with Crippen LogP contribution in [-0.4, -0.2) is 61.3 Å². The van der Waals surface area contributed by atoms with E-state index >= 15 is 0 Å². The van der Waals surface area contributed by atoms with E-state index in [0.29, 0.717) is 6.42 Å². The van der Waals surface area contributed by atoms with E-state index in [1.807, 2.05) is 0 Å². The average molecular weight is 457 g/mol. The van der Waals surface area contributed by atoms with E-state index in [2.05, 4.69) is 4.98 Å². The van der Waals surface area contributed by atoms with Crippen LogP contribution in [0.5, 0.6) is 5.75 Å². The molecule has 0 N–H and O–H groups in total. The van der Waals surface area contributed by atoms with E-state index in [4.69, 9.17) is 4.74 Å². The number of hydrogen-bond acceptors (Lipinski definition) is 5. The van der Waals surface area contributed by atoms with Crippen LogP contribution in [0.4, 0.5) is 13.2 Å². The molecular formula is C20H22F3N3O4S. The van der Waals surface area contributed by atoms with Crippen LogP contribution in [0.25, 0.3) is 0 Å². The molecule has 31 heavy (non-hydrogen) atoms. The summed E-state index contributed by atoms with van der Waals surface area (Å²) >= 11 is 0. The van der Waals surface area contributed by atoms with Gasteiger partial charge in [0.05, 0.1) is 12.2 Å². The number of piperazine rings is 1. The third kappa shape index (κ3) is 5.95. The zero-order valence-corrected chi connectivity index (χ0v) is 17.4. The smallest absolute Gasteiger partial charge is 0.416 e. The lowest BCUT2D eigenvalue weighted by molar-refractivity contribution is -0.137. The van der Waals surface area contributed by atoms with Crippen molar-refractivity contribution in [2.45, 2.75) is 23.9 Å². The number of nitrogens with zero attached hydrogens (tertiary/aromatic N) is 3. The van der Waals surface area contributed by atoms with Gasteiger partial charge in [0.15, 0.2) is 0 Å². The summed E-state index contributed by atoms with van der Waals surface area (Å²) in [7, 11) is -3.64. The molecule has 2 aromatic rings. The molecule has 1 aromatic heterocycles. The first-order valence-electron chi connectivity index (χ1n) is 9.66. The van der Waals surface area contributed by atoms with Crippen molar-refractivity contribution in [3.63, 3.8) is 0 Å². The molecule has 1 saturated heterocycles. The summed E-state index contributed by atoms with van der Waals surface area (Å²) in [4.78, 5) is 17.9. The summed E-state index contributed by atoms with van der Waals surface area (Å²) in [5.74, 6) is -0.0532. The standard InChI is InChI=1S/C20H22F3N3O4S/c21-20(22,23)16-4-1-5-17(14-16)30-13-3-7-19(27)25-9-11-26(12-10-25)31(28,29)18-6-2-8-24-15-18/h1-2,4-6,8,14-15H,3,7,9-13H2. The van der Waals surface area contributed by atoms with Crippen molar-refractivity contribution < 1.29 is 31.1 Å². The quantitative estimate of drug-likeness (QED) is 0.598. The van der Waals surface area contributed by atoms with Gasteiger partial charge in [-0.15, -0.1) is 0 Å². The van der Waals surface area contributed by atoms with E-state index in [9.17, 15) is 26.4 Å². The lowest BCUT2D eigenvalue weighted by Gasteiger charge is -2.34. The molecule has 1 aromatic carbocycles. The summed E-state index contributed by atoms with van der Waals surface area (Å²) < 4.78 is 70.0. The van der Waals surface area contributed by atoms with Crippen LogP contribution in [0, 0.1) is 0 Å². The third-order valence-electron chi connectivity index (χ3n) is 4.83. The second-order valence-electron chi connectivity index (χ2n) is 6.95. The highest BCUT2D eigenvalue weighted by Gasteiger charge is 2.31. The van der Waals surface area contributed by atoms with E-state index in [1.54, 1.807) is 11.0 Å². The van der Waals surface area contributed by atoms with Crippen LogP contribution in [0.1, 0.15) is 18.4 Å². The summed E-state index contributed by atoms with van der Waals surface area (Å²) in [6.45, 7) is 1.01. The minimum absolute atomic E-state index is 0.0940. The predicted molar refractivity (Wildman–Crippen MR) is 106 cm³/mol. The van der Waals surface area contributed by atoms with E-state index in [1.165, 1.54) is 34.9 Å². The Balaban J connectivity index is 1.43. The van der Waals surface area contributed by atoms with E-state index in [-0.39, 0.29) is 55.8 Å². The Bertz CT molecular complexity index is 992. The van der Waals surface area contributed by atoms with Crippen molar-refractivity contribution in [3.05, 3.63) is 54.4 Å². The second kappa shape index (κ2) is 9.65. The molecule has 0 atom stereocenters. The molecule has 1 aliphatic rings. The molecule has 1 fully saturated rings. The van der Waals surface area contributed by atoms with Crippen LogP contribution in [0.3, 0.4) is 0 Å². The van der Waals surface area contributed by atoms with Gasteiger partial charge in [-0.2, -0.15) is 17.5 Å². The molecular weight excluding hydrogens is 435 g/mol. The molecule has 1 amide bonds. The number of halogens is 3. The molecule has 1 aliphatic heterocycles. The fraction of sp³-hybridized carbons (Fsp3) is 0.400. The first-order valence-corrected chi connectivity index (χ1v) is 11.1. The van der Waals surface area contributed by atoms with Gasteiger partial charge in [-0.25, -0.2) is 8.42 Å². The van der Waals surface area contributed by atoms with Crippen molar-refractivity contribution in [2.24, 2.45) is 0 Å². The average Bonchev–Trinajstić information content (AvgIpc) is 2.77. The predicted octanol–water partition coefficient (Wildman–Crippen LogP) is 2.79. The highest BCUT2D eigenvalue weighted by molar-refractivity contribution is 7.89. The maximum absolute atomic E-state index is 12.7. The minimum atomic E-state index is -4.44. The van der Waals surface area contributed by atoms with Gasteiger partial charge >= 0.3 is 6.18 Å². The van der Waals surface area contributed by atoms with Crippen molar-refractivity contribution in [2.75, 3.05) is 32.8 Å². The largest absolute Gasteiger partial charge is 0.494 e. The molecule has 0 radical (unpaired) electrons. The maximum atomic E-state index is 12.7. The van der Waals surface area contributed by atoms with Crippen LogP contribution >= 0.6 is 0 Å². The molecule has 168 valence electrons. The first kappa shape index (κ1) is 23.0. The Kier molecular flexibility index (Phi) is 7.16. The van der Waals surface area contributed by atoms with Crippen LogP contribution in [0.2, 0.25) is 0 Å². The van der Waals surface area contributed by atoms with Crippen LogP contribution < -0.4 is 4.74 Å². The molecule has 2 heterocycles. The molecule has 0 unspecified atom stereocenters. The van der Waals surface area contributed by atoms with Crippen molar-refractivity contribution >= 4 is 15.9 Å². The third-order valence-corrected chi connectivity index (χ3v) is 6.71. The zero-order valence-electron chi connectivity index (χ0n) is 16.6. The number of ether oxygens (including phenoxy) is 1. The number of pyridine rings is 1. The Hall–Kier alpha value is -2.66. The van der Waals surface area contributed by atoms with Crippen LogP contribution in [-0.2, 0) is 21.0 Å². The molecule has 3 rings (SSSR count). The summed E-state index contributed by atoms with van der Waals surface area (Å²) in [5.41, 5.74) is -0.791. The number of hydrogen-bond donors (Lipinski definition) is 0. The molecule has 0 saturated carbocycles. The second-order valence-corrected chi connectivity index (χ2v) is 8.89. The summed E-state index contributed by atoms with van der Waals surface area (Å²) in [6.07, 6.45) is -1.16. The number of carbonyl (C=O) groups is 1. The van der Waals surface area contributed by atoms with Crippen molar-refractivity contribution in [1.82, 2.24) is 14.2 Å². The Morgan fingerprint density at radius 2 is 1.84 bits per heavy atom.